The molecule has 2 N–H and O–H groups in total. The molecule has 1 saturated heterocycles. The van der Waals surface area contributed by atoms with Gasteiger partial charge < -0.3 is 19.7 Å². The smallest absolute Gasteiger partial charge is 0.345 e. The van der Waals surface area contributed by atoms with Crippen LogP contribution in [0.3, 0.4) is 0 Å². The number of ether oxygens (including phenoxy) is 1. The fourth-order valence-electron chi connectivity index (χ4n) is 3.54. The molecular weight excluding hydrogens is 334 g/mol. The van der Waals surface area contributed by atoms with Crippen molar-refractivity contribution in [3.8, 4) is 0 Å². The molecule has 1 fully saturated rings. The lowest BCUT2D eigenvalue weighted by Gasteiger charge is -2.32. The number of carbonyl (C=O) groups excluding carboxylic acids is 1. The molecule has 0 radical (unpaired) electrons. The number of ketones is 1. The Bertz CT molecular complexity index is 957. The standard InChI is InChI=1S/C19H19N3O4/c1-11-4-3-7-22(10-11)18-15(19(24)25)16(23)14(26-18)8-12-9-21-17-13(12)5-2-6-20-17/h2,5-6,8-9,11H,3-4,7,10H2,1H3,(H,20,21)(H,24,25)/b14-8-. The third-order valence-electron chi connectivity index (χ3n) is 4.80. The summed E-state index contributed by atoms with van der Waals surface area (Å²) in [5.74, 6) is -1.23. The maximum atomic E-state index is 12.7. The van der Waals surface area contributed by atoms with Gasteiger partial charge in [0.15, 0.2) is 11.3 Å². The maximum Gasteiger partial charge on any atom is 0.345 e. The molecule has 0 aliphatic carbocycles. The molecule has 0 aromatic carbocycles. The number of carboxylic acids is 1. The molecule has 0 spiro atoms. The molecule has 26 heavy (non-hydrogen) atoms. The number of hydrogen-bond donors (Lipinski definition) is 2. The van der Waals surface area contributed by atoms with Crippen molar-refractivity contribution in [1.82, 2.24) is 14.9 Å². The molecule has 7 nitrogen and oxygen atoms in total. The zero-order valence-electron chi connectivity index (χ0n) is 14.4. The summed E-state index contributed by atoms with van der Waals surface area (Å²) in [7, 11) is 0. The van der Waals surface area contributed by atoms with Crippen LogP contribution >= 0.6 is 0 Å². The summed E-state index contributed by atoms with van der Waals surface area (Å²) in [6, 6.07) is 3.68. The second-order valence-corrected chi connectivity index (χ2v) is 6.76. The van der Waals surface area contributed by atoms with Crippen LogP contribution in [0, 0.1) is 5.92 Å². The van der Waals surface area contributed by atoms with Crippen LogP contribution in [-0.4, -0.2) is 44.8 Å². The van der Waals surface area contributed by atoms with Crippen LogP contribution in [0.15, 0.2) is 41.7 Å². The normalized spacial score (nSPS) is 22.3. The molecule has 1 unspecified atom stereocenters. The van der Waals surface area contributed by atoms with E-state index in [1.807, 2.05) is 11.0 Å². The second-order valence-electron chi connectivity index (χ2n) is 6.76. The zero-order valence-corrected chi connectivity index (χ0v) is 14.4. The van der Waals surface area contributed by atoms with Crippen LogP contribution in [0.4, 0.5) is 0 Å². The maximum absolute atomic E-state index is 12.7. The Morgan fingerprint density at radius 2 is 2.35 bits per heavy atom. The lowest BCUT2D eigenvalue weighted by molar-refractivity contribution is -0.134. The van der Waals surface area contributed by atoms with E-state index in [9.17, 15) is 14.7 Å². The minimum Gasteiger partial charge on any atom is -0.477 e. The average Bonchev–Trinajstić information content (AvgIpc) is 3.17. The lowest BCUT2D eigenvalue weighted by Crippen LogP contribution is -2.34. The Morgan fingerprint density at radius 3 is 3.12 bits per heavy atom. The molecule has 2 aliphatic heterocycles. The van der Waals surface area contributed by atoms with Crippen LogP contribution in [0.2, 0.25) is 0 Å². The first-order chi connectivity index (χ1) is 12.5. The van der Waals surface area contributed by atoms with Gasteiger partial charge in [-0.15, -0.1) is 0 Å². The number of carbonyl (C=O) groups is 2. The van der Waals surface area contributed by atoms with E-state index in [-0.39, 0.29) is 17.2 Å². The SMILES string of the molecule is CC1CCCN(C2=C(C(=O)O)C(=O)/C(=C/c3c[nH]c4ncccc34)O2)C1. The zero-order chi connectivity index (χ0) is 18.3. The van der Waals surface area contributed by atoms with Gasteiger partial charge >= 0.3 is 5.97 Å². The lowest BCUT2D eigenvalue weighted by atomic mass is 10.00. The Labute approximate surface area is 150 Å². The predicted octanol–water partition coefficient (Wildman–Crippen LogP) is 2.53. The topological polar surface area (TPSA) is 95.5 Å². The highest BCUT2D eigenvalue weighted by Crippen LogP contribution is 2.32. The van der Waals surface area contributed by atoms with Gasteiger partial charge in [0.05, 0.1) is 0 Å². The number of carboxylic acid groups (broad SMARTS) is 1. The second kappa shape index (κ2) is 6.33. The number of aromatic amines is 1. The predicted molar refractivity (Wildman–Crippen MR) is 94.8 cm³/mol. The summed E-state index contributed by atoms with van der Waals surface area (Å²) < 4.78 is 5.76. The molecule has 2 aliphatic rings. The summed E-state index contributed by atoms with van der Waals surface area (Å²) in [6.45, 7) is 3.48. The van der Waals surface area contributed by atoms with Gasteiger partial charge in [0, 0.05) is 36.4 Å². The molecule has 0 saturated carbocycles. The summed E-state index contributed by atoms with van der Waals surface area (Å²) in [6.07, 6.45) is 7.01. The van der Waals surface area contributed by atoms with Gasteiger partial charge in [-0.2, -0.15) is 0 Å². The molecule has 4 heterocycles. The van der Waals surface area contributed by atoms with Crippen molar-refractivity contribution in [3.63, 3.8) is 0 Å². The largest absolute Gasteiger partial charge is 0.477 e. The van der Waals surface area contributed by atoms with E-state index in [1.165, 1.54) is 0 Å². The first-order valence-corrected chi connectivity index (χ1v) is 8.63. The van der Waals surface area contributed by atoms with Crippen molar-refractivity contribution in [2.75, 3.05) is 13.1 Å². The molecule has 1 atom stereocenters. The molecule has 134 valence electrons. The third kappa shape index (κ3) is 2.75. The van der Waals surface area contributed by atoms with Crippen molar-refractivity contribution in [3.05, 3.63) is 47.3 Å². The molecule has 7 heteroatoms. The number of aliphatic carboxylic acids is 1. The quantitative estimate of drug-likeness (QED) is 0.650. The number of rotatable bonds is 3. The first kappa shape index (κ1) is 16.4. The number of fused-ring (bicyclic) bond motifs is 1. The Hall–Kier alpha value is -3.09. The monoisotopic (exact) mass is 353 g/mol. The fourth-order valence-corrected chi connectivity index (χ4v) is 3.54. The number of allylic oxidation sites excluding steroid dienone is 1. The van der Waals surface area contributed by atoms with Crippen LogP contribution in [0.5, 0.6) is 0 Å². The van der Waals surface area contributed by atoms with E-state index in [1.54, 1.807) is 24.5 Å². The molecular formula is C19H19N3O4. The third-order valence-corrected chi connectivity index (χ3v) is 4.80. The highest BCUT2D eigenvalue weighted by molar-refractivity contribution is 6.26. The number of nitrogens with zero attached hydrogens (tertiary/aromatic N) is 2. The summed E-state index contributed by atoms with van der Waals surface area (Å²) in [5.41, 5.74) is 1.14. The van der Waals surface area contributed by atoms with E-state index < -0.39 is 11.8 Å². The van der Waals surface area contributed by atoms with Gasteiger partial charge in [-0.25, -0.2) is 9.78 Å². The average molecular weight is 353 g/mol. The summed E-state index contributed by atoms with van der Waals surface area (Å²) >= 11 is 0. The van der Waals surface area contributed by atoms with E-state index in [2.05, 4.69) is 16.9 Å². The van der Waals surface area contributed by atoms with Crippen molar-refractivity contribution in [2.45, 2.75) is 19.8 Å². The van der Waals surface area contributed by atoms with Crippen LogP contribution in [0.25, 0.3) is 17.1 Å². The van der Waals surface area contributed by atoms with Crippen LogP contribution in [0.1, 0.15) is 25.3 Å². The summed E-state index contributed by atoms with van der Waals surface area (Å²) in [4.78, 5) is 33.4. The van der Waals surface area contributed by atoms with Gasteiger partial charge in [0.1, 0.15) is 5.65 Å². The molecule has 2 aromatic rings. The molecule has 4 rings (SSSR count). The van der Waals surface area contributed by atoms with Crippen LogP contribution < -0.4 is 0 Å². The number of nitrogens with one attached hydrogen (secondary N) is 1. The molecule has 0 amide bonds. The number of Topliss-reactive ketones (excluding diaryl/α,β-unsaturated/α-hetero) is 1. The van der Waals surface area contributed by atoms with Crippen molar-refractivity contribution >= 4 is 28.9 Å². The molecule has 2 aromatic heterocycles. The first-order valence-electron chi connectivity index (χ1n) is 8.63. The number of likely N-dealkylation sites (tertiary alicyclic amines) is 1. The Kier molecular flexibility index (Phi) is 3.99. The van der Waals surface area contributed by atoms with Crippen LogP contribution in [-0.2, 0) is 14.3 Å². The van der Waals surface area contributed by atoms with E-state index >= 15 is 0 Å². The highest BCUT2D eigenvalue weighted by atomic mass is 16.5. The van der Waals surface area contributed by atoms with Crippen molar-refractivity contribution < 1.29 is 19.4 Å². The highest BCUT2D eigenvalue weighted by Gasteiger charge is 2.39. The number of hydrogen-bond acceptors (Lipinski definition) is 5. The number of H-pyrrole nitrogens is 1. The minimum atomic E-state index is -1.26. The van der Waals surface area contributed by atoms with Crippen molar-refractivity contribution in [1.29, 1.82) is 0 Å². The molecule has 0 bridgehead atoms. The van der Waals surface area contributed by atoms with E-state index in [4.69, 9.17) is 4.74 Å². The number of piperidine rings is 1. The number of aromatic nitrogens is 2. The van der Waals surface area contributed by atoms with Crippen molar-refractivity contribution in [2.24, 2.45) is 5.92 Å². The number of pyridine rings is 1. The minimum absolute atomic E-state index is 0.0281. The van der Waals surface area contributed by atoms with Gasteiger partial charge in [-0.3, -0.25) is 4.79 Å². The van der Waals surface area contributed by atoms with Gasteiger partial charge in [0.2, 0.25) is 11.7 Å². The van der Waals surface area contributed by atoms with Gasteiger partial charge in [-0.1, -0.05) is 6.92 Å². The van der Waals surface area contributed by atoms with Gasteiger partial charge in [-0.05, 0) is 37.0 Å². The Balaban J connectivity index is 1.70. The van der Waals surface area contributed by atoms with E-state index in [0.29, 0.717) is 24.7 Å². The Morgan fingerprint density at radius 1 is 1.50 bits per heavy atom. The van der Waals surface area contributed by atoms with Gasteiger partial charge in [0.25, 0.3) is 0 Å². The summed E-state index contributed by atoms with van der Waals surface area (Å²) in [5, 5.41) is 10.4. The fraction of sp³-hybridized carbons (Fsp3) is 0.316. The van der Waals surface area contributed by atoms with E-state index in [0.717, 1.165) is 23.8 Å².